The monoisotopic (exact) mass is 614 g/mol. The molecule has 212 valence electrons. The highest BCUT2D eigenvalue weighted by Gasteiger charge is 2.39. The van der Waals surface area contributed by atoms with Crippen molar-refractivity contribution in [2.24, 2.45) is 0 Å². The summed E-state index contributed by atoms with van der Waals surface area (Å²) < 4.78 is 29.4. The molecule has 0 radical (unpaired) electrons. The minimum absolute atomic E-state index is 0.00361. The van der Waals surface area contributed by atoms with Gasteiger partial charge in [0.25, 0.3) is 15.9 Å². The van der Waals surface area contributed by atoms with Crippen LogP contribution in [0.2, 0.25) is 5.02 Å². The number of rotatable bonds is 7. The number of hydrogen-bond acceptors (Lipinski definition) is 10. The Morgan fingerprint density at radius 2 is 2.07 bits per heavy atom. The van der Waals surface area contributed by atoms with Crippen LogP contribution in [0.1, 0.15) is 27.7 Å². The number of sulfonamides is 1. The zero-order valence-electron chi connectivity index (χ0n) is 21.5. The van der Waals surface area contributed by atoms with Gasteiger partial charge >= 0.3 is 0 Å². The molecule has 0 aliphatic carbocycles. The highest BCUT2D eigenvalue weighted by atomic mass is 35.5. The Labute approximate surface area is 242 Å². The van der Waals surface area contributed by atoms with E-state index in [1.807, 2.05) is 6.92 Å². The number of nitrogens with zero attached hydrogens (tertiary/aromatic N) is 7. The van der Waals surface area contributed by atoms with Crippen LogP contribution in [0.3, 0.4) is 0 Å². The Hall–Kier alpha value is -3.99. The molecule has 0 spiro atoms. The molecule has 1 aromatic carbocycles. The minimum atomic E-state index is -3.98. The lowest BCUT2D eigenvalue weighted by molar-refractivity contribution is -0.122. The van der Waals surface area contributed by atoms with Gasteiger partial charge in [0.2, 0.25) is 5.91 Å². The SMILES string of the molecule is Cc1cc2nc(C(=O)N3CCN(S(=O)(=O)c4cc5cc(Cl)ccc5[nH]4)CC3CC(=O)NCc3nn[nH]n3)sc2cn1. The van der Waals surface area contributed by atoms with Crippen molar-refractivity contribution in [2.75, 3.05) is 19.6 Å². The van der Waals surface area contributed by atoms with Crippen molar-refractivity contribution in [3.05, 3.63) is 58.1 Å². The number of benzene rings is 1. The van der Waals surface area contributed by atoms with Crippen LogP contribution in [0.5, 0.6) is 0 Å². The first kappa shape index (κ1) is 27.2. The van der Waals surface area contributed by atoms with Crippen molar-refractivity contribution in [1.82, 2.24) is 50.1 Å². The summed E-state index contributed by atoms with van der Waals surface area (Å²) >= 11 is 7.28. The molecule has 1 fully saturated rings. The number of aryl methyl sites for hydroxylation is 1. The summed E-state index contributed by atoms with van der Waals surface area (Å²) in [6.45, 7) is 1.88. The van der Waals surface area contributed by atoms with Gasteiger partial charge in [0.05, 0.1) is 22.8 Å². The van der Waals surface area contributed by atoms with Crippen LogP contribution in [0.15, 0.2) is 41.6 Å². The van der Waals surface area contributed by atoms with Crippen LogP contribution in [0, 0.1) is 6.92 Å². The van der Waals surface area contributed by atoms with Gasteiger partial charge < -0.3 is 15.2 Å². The Balaban J connectivity index is 1.26. The number of aromatic nitrogens is 7. The molecule has 5 aromatic rings. The zero-order chi connectivity index (χ0) is 28.7. The largest absolute Gasteiger partial charge is 0.349 e. The highest BCUT2D eigenvalue weighted by molar-refractivity contribution is 7.89. The average Bonchev–Trinajstić information content (AvgIpc) is 3.71. The van der Waals surface area contributed by atoms with Crippen molar-refractivity contribution >= 4 is 65.9 Å². The number of carbonyl (C=O) groups is 2. The van der Waals surface area contributed by atoms with E-state index in [4.69, 9.17) is 11.6 Å². The topological polar surface area (TPSA) is 183 Å². The predicted molar refractivity (Wildman–Crippen MR) is 150 cm³/mol. The summed E-state index contributed by atoms with van der Waals surface area (Å²) in [6, 6.07) is 7.61. The Kier molecular flexibility index (Phi) is 7.14. The third-order valence-electron chi connectivity index (χ3n) is 6.73. The lowest BCUT2D eigenvalue weighted by Crippen LogP contribution is -2.57. The molecule has 0 bridgehead atoms. The molecular weight excluding hydrogens is 592 g/mol. The van der Waals surface area contributed by atoms with Crippen LogP contribution in [-0.4, -0.2) is 90.7 Å². The molecule has 14 nitrogen and oxygen atoms in total. The predicted octanol–water partition coefficient (Wildman–Crippen LogP) is 1.87. The first-order valence-electron chi connectivity index (χ1n) is 12.5. The van der Waals surface area contributed by atoms with Gasteiger partial charge in [-0.05, 0) is 37.3 Å². The van der Waals surface area contributed by atoms with Crippen molar-refractivity contribution in [3.63, 3.8) is 0 Å². The minimum Gasteiger partial charge on any atom is -0.349 e. The smallest absolute Gasteiger partial charge is 0.283 e. The van der Waals surface area contributed by atoms with Crippen LogP contribution in [0.4, 0.5) is 0 Å². The van der Waals surface area contributed by atoms with Gasteiger partial charge in [-0.2, -0.15) is 9.52 Å². The fourth-order valence-corrected chi connectivity index (χ4v) is 7.25. The summed E-state index contributed by atoms with van der Waals surface area (Å²) in [4.78, 5) is 39.8. The molecule has 1 aliphatic rings. The van der Waals surface area contributed by atoms with E-state index >= 15 is 0 Å². The van der Waals surface area contributed by atoms with Crippen molar-refractivity contribution in [2.45, 2.75) is 31.0 Å². The number of aromatic amines is 2. The lowest BCUT2D eigenvalue weighted by atomic mass is 10.1. The molecule has 1 aliphatic heterocycles. The van der Waals surface area contributed by atoms with Gasteiger partial charge in [0, 0.05) is 53.9 Å². The Morgan fingerprint density at radius 3 is 2.88 bits per heavy atom. The van der Waals surface area contributed by atoms with E-state index in [1.54, 1.807) is 30.5 Å². The molecule has 4 aromatic heterocycles. The molecule has 1 unspecified atom stereocenters. The van der Waals surface area contributed by atoms with E-state index in [2.05, 4.69) is 40.9 Å². The van der Waals surface area contributed by atoms with E-state index in [-0.39, 0.29) is 54.4 Å². The van der Waals surface area contributed by atoms with Crippen molar-refractivity contribution in [3.8, 4) is 0 Å². The van der Waals surface area contributed by atoms with Gasteiger partial charge in [-0.15, -0.1) is 21.5 Å². The molecule has 2 amide bonds. The number of halogens is 1. The normalized spacial score (nSPS) is 16.4. The fourth-order valence-electron chi connectivity index (χ4n) is 4.71. The summed E-state index contributed by atoms with van der Waals surface area (Å²) in [5, 5.41) is 17.5. The van der Waals surface area contributed by atoms with Gasteiger partial charge in [0.15, 0.2) is 10.8 Å². The Morgan fingerprint density at radius 1 is 1.22 bits per heavy atom. The maximum absolute atomic E-state index is 13.7. The van der Waals surface area contributed by atoms with Crippen molar-refractivity contribution in [1.29, 1.82) is 0 Å². The van der Waals surface area contributed by atoms with E-state index in [9.17, 15) is 18.0 Å². The first-order valence-corrected chi connectivity index (χ1v) is 15.1. The summed E-state index contributed by atoms with van der Waals surface area (Å²) in [5.41, 5.74) is 2.05. The Bertz CT molecular complexity index is 1870. The van der Waals surface area contributed by atoms with Gasteiger partial charge in [-0.1, -0.05) is 16.8 Å². The molecule has 0 saturated carbocycles. The highest BCUT2D eigenvalue weighted by Crippen LogP contribution is 2.28. The number of hydrogen-bond donors (Lipinski definition) is 3. The molecule has 1 saturated heterocycles. The molecule has 6 rings (SSSR count). The van der Waals surface area contributed by atoms with E-state index in [1.165, 1.54) is 26.6 Å². The van der Waals surface area contributed by atoms with Crippen LogP contribution >= 0.6 is 22.9 Å². The quantitative estimate of drug-likeness (QED) is 0.246. The zero-order valence-corrected chi connectivity index (χ0v) is 23.9. The molecule has 5 heterocycles. The maximum Gasteiger partial charge on any atom is 0.283 e. The number of H-pyrrole nitrogens is 2. The molecule has 17 heteroatoms. The summed E-state index contributed by atoms with van der Waals surface area (Å²) in [7, 11) is -3.98. The summed E-state index contributed by atoms with van der Waals surface area (Å²) in [5.74, 6) is -0.491. The van der Waals surface area contributed by atoms with Gasteiger partial charge in [-0.3, -0.25) is 14.6 Å². The number of pyridine rings is 1. The molecule has 41 heavy (non-hydrogen) atoms. The molecule has 3 N–H and O–H groups in total. The van der Waals surface area contributed by atoms with Crippen LogP contribution in [-0.2, 0) is 21.4 Å². The number of amides is 2. The third-order valence-corrected chi connectivity index (χ3v) is 9.75. The number of thiazole rings is 1. The second-order valence-corrected chi connectivity index (χ2v) is 12.9. The number of tetrazole rings is 1. The summed E-state index contributed by atoms with van der Waals surface area (Å²) in [6.07, 6.45) is 1.52. The standard InChI is InChI=1S/C24H23ClN10O4S2/c1-13-6-18-19(10-26-13)40-23(29-18)24(37)35-5-4-34(12-16(35)9-21(36)27-11-20-30-32-33-31-20)41(38,39)22-8-14-7-15(25)2-3-17(14)28-22/h2-3,6-8,10,16,28H,4-5,9,11-12H2,1H3,(H,27,36)(H,30,31,32,33). The number of carbonyl (C=O) groups excluding carboxylic acids is 2. The second-order valence-electron chi connectivity index (χ2n) is 9.50. The second kappa shape index (κ2) is 10.8. The maximum atomic E-state index is 13.7. The lowest BCUT2D eigenvalue weighted by Gasteiger charge is -2.40. The van der Waals surface area contributed by atoms with Crippen molar-refractivity contribution < 1.29 is 18.0 Å². The van der Waals surface area contributed by atoms with E-state index < -0.39 is 22.0 Å². The van der Waals surface area contributed by atoms with E-state index in [0.717, 1.165) is 10.4 Å². The van der Waals surface area contributed by atoms with Crippen LogP contribution < -0.4 is 5.32 Å². The number of fused-ring (bicyclic) bond motifs is 2. The molecule has 1 atom stereocenters. The first-order chi connectivity index (χ1) is 19.7. The molecular formula is C24H23ClN10O4S2. The third kappa shape index (κ3) is 5.50. The van der Waals surface area contributed by atoms with E-state index in [0.29, 0.717) is 21.4 Å². The van der Waals surface area contributed by atoms with Gasteiger partial charge in [0.1, 0.15) is 5.03 Å². The fraction of sp³-hybridized carbons (Fsp3) is 0.292. The average molecular weight is 615 g/mol. The van der Waals surface area contributed by atoms with Gasteiger partial charge in [-0.25, -0.2) is 13.4 Å². The number of piperazine rings is 1. The number of nitrogens with one attached hydrogen (secondary N) is 3. The van der Waals surface area contributed by atoms with Crippen LogP contribution in [0.25, 0.3) is 21.1 Å².